The van der Waals surface area contributed by atoms with Gasteiger partial charge in [-0.2, -0.15) is 0 Å². The standard InChI is InChI=1S/C13H14N2O2S/c16-7-11-3-1-10(2-4-11)5-6-14-13(17)12-8-18-9-15-12/h1-4,8-9,16H,5-7H2,(H,14,17). The summed E-state index contributed by atoms with van der Waals surface area (Å²) in [6.45, 7) is 0.635. The van der Waals surface area contributed by atoms with E-state index >= 15 is 0 Å². The third-order valence-corrected chi connectivity index (χ3v) is 3.16. The minimum absolute atomic E-state index is 0.0564. The lowest BCUT2D eigenvalue weighted by Crippen LogP contribution is -2.25. The van der Waals surface area contributed by atoms with E-state index < -0.39 is 0 Å². The van der Waals surface area contributed by atoms with Crippen molar-refractivity contribution in [3.63, 3.8) is 0 Å². The molecule has 0 unspecified atom stereocenters. The van der Waals surface area contributed by atoms with Gasteiger partial charge in [0.15, 0.2) is 0 Å². The van der Waals surface area contributed by atoms with E-state index in [4.69, 9.17) is 5.11 Å². The maximum Gasteiger partial charge on any atom is 0.270 e. The summed E-state index contributed by atoms with van der Waals surface area (Å²) >= 11 is 1.41. The number of carbonyl (C=O) groups is 1. The Morgan fingerprint density at radius 3 is 2.61 bits per heavy atom. The Morgan fingerprint density at radius 1 is 1.28 bits per heavy atom. The Labute approximate surface area is 109 Å². The summed E-state index contributed by atoms with van der Waals surface area (Å²) < 4.78 is 0. The topological polar surface area (TPSA) is 62.2 Å². The van der Waals surface area contributed by atoms with Crippen molar-refractivity contribution in [2.75, 3.05) is 6.54 Å². The Balaban J connectivity index is 1.79. The summed E-state index contributed by atoms with van der Waals surface area (Å²) in [6.07, 6.45) is 0.765. The second kappa shape index (κ2) is 6.28. The van der Waals surface area contributed by atoms with Gasteiger partial charge in [0, 0.05) is 11.9 Å². The van der Waals surface area contributed by atoms with Gasteiger partial charge >= 0.3 is 0 Å². The monoisotopic (exact) mass is 262 g/mol. The van der Waals surface area contributed by atoms with Crippen LogP contribution in [0.5, 0.6) is 0 Å². The van der Waals surface area contributed by atoms with Crippen molar-refractivity contribution in [1.82, 2.24) is 10.3 Å². The first-order valence-electron chi connectivity index (χ1n) is 5.64. The third kappa shape index (κ3) is 3.38. The van der Waals surface area contributed by atoms with Crippen LogP contribution < -0.4 is 5.32 Å². The van der Waals surface area contributed by atoms with Crippen LogP contribution in [-0.4, -0.2) is 22.5 Å². The van der Waals surface area contributed by atoms with Gasteiger partial charge in [-0.1, -0.05) is 24.3 Å². The minimum Gasteiger partial charge on any atom is -0.392 e. The molecule has 4 nitrogen and oxygen atoms in total. The van der Waals surface area contributed by atoms with Gasteiger partial charge in [-0.25, -0.2) is 4.98 Å². The van der Waals surface area contributed by atoms with E-state index in [1.54, 1.807) is 10.9 Å². The number of aliphatic hydroxyl groups excluding tert-OH is 1. The molecule has 0 saturated heterocycles. The molecule has 1 aromatic heterocycles. The van der Waals surface area contributed by atoms with E-state index in [2.05, 4.69) is 10.3 Å². The van der Waals surface area contributed by atoms with Crippen molar-refractivity contribution in [3.05, 3.63) is 52.0 Å². The number of rotatable bonds is 5. The highest BCUT2D eigenvalue weighted by Crippen LogP contribution is 2.05. The SMILES string of the molecule is O=C(NCCc1ccc(CO)cc1)c1cscn1. The molecule has 2 rings (SSSR count). The van der Waals surface area contributed by atoms with Crippen LogP contribution in [0.25, 0.3) is 0 Å². The first-order chi connectivity index (χ1) is 8.79. The number of benzene rings is 1. The number of carbonyl (C=O) groups excluding carboxylic acids is 1. The van der Waals surface area contributed by atoms with Gasteiger partial charge in [0.1, 0.15) is 5.69 Å². The molecule has 2 N–H and O–H groups in total. The number of nitrogens with zero attached hydrogens (tertiary/aromatic N) is 1. The molecular formula is C13H14N2O2S. The van der Waals surface area contributed by atoms with Crippen LogP contribution >= 0.6 is 11.3 Å². The molecule has 18 heavy (non-hydrogen) atoms. The van der Waals surface area contributed by atoms with Crippen molar-refractivity contribution in [2.45, 2.75) is 13.0 Å². The highest BCUT2D eigenvalue weighted by atomic mass is 32.1. The molecule has 0 aliphatic rings. The zero-order valence-corrected chi connectivity index (χ0v) is 10.6. The largest absolute Gasteiger partial charge is 0.392 e. The fourth-order valence-corrected chi connectivity index (χ4v) is 2.08. The molecule has 0 radical (unpaired) electrons. The molecule has 0 aliphatic heterocycles. The Morgan fingerprint density at radius 2 is 2.00 bits per heavy atom. The smallest absolute Gasteiger partial charge is 0.270 e. The van der Waals surface area contributed by atoms with Crippen LogP contribution in [0.1, 0.15) is 21.6 Å². The zero-order chi connectivity index (χ0) is 12.8. The summed E-state index contributed by atoms with van der Waals surface area (Å²) in [6, 6.07) is 7.69. The van der Waals surface area contributed by atoms with E-state index in [0.29, 0.717) is 12.2 Å². The first kappa shape index (κ1) is 12.7. The zero-order valence-electron chi connectivity index (χ0n) is 9.80. The molecule has 5 heteroatoms. The molecule has 0 atom stereocenters. The maximum atomic E-state index is 11.6. The molecule has 0 fully saturated rings. The molecular weight excluding hydrogens is 248 g/mol. The second-order valence-electron chi connectivity index (χ2n) is 3.85. The molecule has 0 saturated carbocycles. The van der Waals surface area contributed by atoms with E-state index in [1.165, 1.54) is 11.3 Å². The number of thiazole rings is 1. The van der Waals surface area contributed by atoms with Crippen LogP contribution in [-0.2, 0) is 13.0 Å². The predicted molar refractivity (Wildman–Crippen MR) is 70.5 cm³/mol. The fourth-order valence-electron chi connectivity index (χ4n) is 1.55. The Bertz CT molecular complexity index is 494. The molecule has 0 aliphatic carbocycles. The van der Waals surface area contributed by atoms with Gasteiger partial charge in [-0.05, 0) is 17.5 Å². The lowest BCUT2D eigenvalue weighted by molar-refractivity contribution is 0.0950. The average molecular weight is 262 g/mol. The molecule has 94 valence electrons. The lowest BCUT2D eigenvalue weighted by atomic mass is 10.1. The molecule has 1 heterocycles. The highest BCUT2D eigenvalue weighted by molar-refractivity contribution is 7.07. The molecule has 0 bridgehead atoms. The summed E-state index contributed by atoms with van der Waals surface area (Å²) in [4.78, 5) is 15.5. The van der Waals surface area contributed by atoms with E-state index in [1.807, 2.05) is 24.3 Å². The summed E-state index contributed by atoms with van der Waals surface area (Å²) in [5.41, 5.74) is 4.13. The van der Waals surface area contributed by atoms with Gasteiger partial charge in [-0.3, -0.25) is 4.79 Å². The summed E-state index contributed by atoms with van der Waals surface area (Å²) in [5.74, 6) is -0.136. The van der Waals surface area contributed by atoms with Crippen molar-refractivity contribution in [2.24, 2.45) is 0 Å². The normalized spacial score (nSPS) is 10.3. The molecule has 1 aromatic carbocycles. The van der Waals surface area contributed by atoms with Crippen LogP contribution in [0, 0.1) is 0 Å². The van der Waals surface area contributed by atoms with E-state index in [-0.39, 0.29) is 12.5 Å². The van der Waals surface area contributed by atoms with Gasteiger partial charge in [-0.15, -0.1) is 11.3 Å². The number of aliphatic hydroxyl groups is 1. The lowest BCUT2D eigenvalue weighted by Gasteiger charge is -2.04. The van der Waals surface area contributed by atoms with Gasteiger partial charge in [0.25, 0.3) is 5.91 Å². The van der Waals surface area contributed by atoms with E-state index in [0.717, 1.165) is 17.5 Å². The highest BCUT2D eigenvalue weighted by Gasteiger charge is 2.05. The Kier molecular flexibility index (Phi) is 4.44. The number of hydrogen-bond donors (Lipinski definition) is 2. The summed E-state index contributed by atoms with van der Waals surface area (Å²) in [5, 5.41) is 13.5. The van der Waals surface area contributed by atoms with Crippen molar-refractivity contribution in [1.29, 1.82) is 0 Å². The third-order valence-electron chi connectivity index (χ3n) is 2.57. The molecule has 0 spiro atoms. The number of nitrogens with one attached hydrogen (secondary N) is 1. The summed E-state index contributed by atoms with van der Waals surface area (Å²) in [7, 11) is 0. The molecule has 1 amide bonds. The van der Waals surface area contributed by atoms with Crippen LogP contribution in [0.2, 0.25) is 0 Å². The molecule has 2 aromatic rings. The van der Waals surface area contributed by atoms with Crippen molar-refractivity contribution >= 4 is 17.2 Å². The number of aromatic nitrogens is 1. The minimum atomic E-state index is -0.136. The van der Waals surface area contributed by atoms with Gasteiger partial charge in [0.2, 0.25) is 0 Å². The fraction of sp³-hybridized carbons (Fsp3) is 0.231. The van der Waals surface area contributed by atoms with Crippen molar-refractivity contribution in [3.8, 4) is 0 Å². The number of amides is 1. The maximum absolute atomic E-state index is 11.6. The van der Waals surface area contributed by atoms with Gasteiger partial charge in [0.05, 0.1) is 12.1 Å². The van der Waals surface area contributed by atoms with Crippen LogP contribution in [0.3, 0.4) is 0 Å². The predicted octanol–water partition coefficient (Wildman–Crippen LogP) is 1.61. The van der Waals surface area contributed by atoms with Crippen LogP contribution in [0.4, 0.5) is 0 Å². The van der Waals surface area contributed by atoms with E-state index in [9.17, 15) is 4.79 Å². The number of hydrogen-bond acceptors (Lipinski definition) is 4. The van der Waals surface area contributed by atoms with Crippen LogP contribution in [0.15, 0.2) is 35.2 Å². The Hall–Kier alpha value is -1.72. The average Bonchev–Trinajstić information content (AvgIpc) is 2.93. The van der Waals surface area contributed by atoms with Gasteiger partial charge < -0.3 is 10.4 Å². The first-order valence-corrected chi connectivity index (χ1v) is 6.59. The quantitative estimate of drug-likeness (QED) is 0.860. The van der Waals surface area contributed by atoms with Crippen molar-refractivity contribution < 1.29 is 9.90 Å². The second-order valence-corrected chi connectivity index (χ2v) is 4.57.